The Morgan fingerprint density at radius 2 is 2.00 bits per heavy atom. The van der Waals surface area contributed by atoms with Crippen LogP contribution in [0.25, 0.3) is 0 Å². The molecule has 0 radical (unpaired) electrons. The molecule has 3 N–H and O–H groups in total. The van der Waals surface area contributed by atoms with Crippen LogP contribution in [0.4, 0.5) is 11.5 Å². The molecule has 0 atom stereocenters. The number of unbranched alkanes of at least 4 members (excludes halogenated alkanes) is 1. The fourth-order valence-electron chi connectivity index (χ4n) is 1.92. The predicted octanol–water partition coefficient (Wildman–Crippen LogP) is 2.21. The summed E-state index contributed by atoms with van der Waals surface area (Å²) in [6, 6.07) is 9.57. The van der Waals surface area contributed by atoms with E-state index in [2.05, 4.69) is 22.3 Å². The van der Waals surface area contributed by atoms with Crippen LogP contribution in [0.15, 0.2) is 42.7 Å². The molecule has 0 spiro atoms. The van der Waals surface area contributed by atoms with Crippen molar-refractivity contribution in [3.8, 4) is 0 Å². The fraction of sp³-hybridized carbons (Fsp3) is 0.267. The lowest BCUT2D eigenvalue weighted by Crippen LogP contribution is -2.32. The van der Waals surface area contributed by atoms with E-state index < -0.39 is 0 Å². The van der Waals surface area contributed by atoms with Gasteiger partial charge in [-0.25, -0.2) is 15.8 Å². The van der Waals surface area contributed by atoms with Gasteiger partial charge in [-0.3, -0.25) is 4.79 Å². The fourth-order valence-corrected chi connectivity index (χ4v) is 1.92. The van der Waals surface area contributed by atoms with Crippen LogP contribution in [-0.4, -0.2) is 22.4 Å². The van der Waals surface area contributed by atoms with E-state index in [0.29, 0.717) is 18.1 Å². The lowest BCUT2D eigenvalue weighted by molar-refractivity contribution is 0.0981. The van der Waals surface area contributed by atoms with Crippen LogP contribution in [0.1, 0.15) is 30.3 Å². The number of hydrogen-bond donors (Lipinski definition) is 2. The summed E-state index contributed by atoms with van der Waals surface area (Å²) in [7, 11) is 0. The number of aromatic nitrogens is 2. The van der Waals surface area contributed by atoms with E-state index in [1.807, 2.05) is 30.3 Å². The Kier molecular flexibility index (Phi) is 5.22. The molecule has 0 saturated carbocycles. The molecule has 2 rings (SSSR count). The second-order valence-electron chi connectivity index (χ2n) is 4.58. The first kappa shape index (κ1) is 14.9. The van der Waals surface area contributed by atoms with Crippen LogP contribution in [-0.2, 0) is 0 Å². The minimum atomic E-state index is -0.161. The van der Waals surface area contributed by atoms with Crippen LogP contribution in [0.3, 0.4) is 0 Å². The van der Waals surface area contributed by atoms with Gasteiger partial charge in [0.25, 0.3) is 5.91 Å². The van der Waals surface area contributed by atoms with Gasteiger partial charge in [-0.05, 0) is 18.6 Å². The summed E-state index contributed by atoms with van der Waals surface area (Å²) in [4.78, 5) is 22.5. The van der Waals surface area contributed by atoms with Gasteiger partial charge in [-0.15, -0.1) is 0 Å². The van der Waals surface area contributed by atoms with E-state index in [1.54, 1.807) is 4.90 Å². The smallest absolute Gasteiger partial charge is 0.278 e. The number of nitrogen functional groups attached to an aromatic ring is 1. The highest BCUT2D eigenvalue weighted by Gasteiger charge is 2.18. The van der Waals surface area contributed by atoms with Gasteiger partial charge in [-0.1, -0.05) is 31.5 Å². The monoisotopic (exact) mass is 285 g/mol. The Morgan fingerprint density at radius 1 is 1.24 bits per heavy atom. The van der Waals surface area contributed by atoms with Gasteiger partial charge in [0.05, 0.1) is 12.4 Å². The Bertz CT molecular complexity index is 570. The summed E-state index contributed by atoms with van der Waals surface area (Å²) < 4.78 is 0. The predicted molar refractivity (Wildman–Crippen MR) is 82.9 cm³/mol. The molecular weight excluding hydrogens is 266 g/mol. The number of anilines is 2. The highest BCUT2D eigenvalue weighted by atomic mass is 16.2. The van der Waals surface area contributed by atoms with Gasteiger partial charge in [-0.2, -0.15) is 0 Å². The number of benzene rings is 1. The van der Waals surface area contributed by atoms with Crippen molar-refractivity contribution >= 4 is 17.4 Å². The number of hydrogen-bond acceptors (Lipinski definition) is 5. The number of carbonyl (C=O) groups excluding carboxylic acids is 1. The highest BCUT2D eigenvalue weighted by molar-refractivity contribution is 6.04. The minimum Gasteiger partial charge on any atom is -0.307 e. The summed E-state index contributed by atoms with van der Waals surface area (Å²) in [6.07, 6.45) is 4.81. The molecule has 0 aliphatic rings. The standard InChI is InChI=1S/C15H19N5O/c1-2-3-9-20(12-7-5-4-6-8-12)15(21)13-10-18-14(19-16)11-17-13/h4-8,10-11H,2-3,9,16H2,1H3,(H,18,19). The van der Waals surface area contributed by atoms with Crippen molar-refractivity contribution in [2.45, 2.75) is 19.8 Å². The first-order valence-electron chi connectivity index (χ1n) is 6.91. The molecule has 0 saturated heterocycles. The van der Waals surface area contributed by atoms with E-state index in [0.717, 1.165) is 18.5 Å². The first-order chi connectivity index (χ1) is 10.3. The van der Waals surface area contributed by atoms with Crippen LogP contribution in [0, 0.1) is 0 Å². The Hall–Kier alpha value is -2.47. The van der Waals surface area contributed by atoms with Crippen LogP contribution in [0.5, 0.6) is 0 Å². The molecule has 6 nitrogen and oxygen atoms in total. The maximum atomic E-state index is 12.6. The van der Waals surface area contributed by atoms with E-state index in [-0.39, 0.29) is 5.91 Å². The van der Waals surface area contributed by atoms with Crippen LogP contribution < -0.4 is 16.2 Å². The summed E-state index contributed by atoms with van der Waals surface area (Å²) in [5, 5.41) is 0. The number of carbonyl (C=O) groups is 1. The molecule has 1 aromatic heterocycles. The molecule has 6 heteroatoms. The zero-order valence-corrected chi connectivity index (χ0v) is 12.0. The van der Waals surface area contributed by atoms with Crippen molar-refractivity contribution in [1.29, 1.82) is 0 Å². The summed E-state index contributed by atoms with van der Waals surface area (Å²) in [5.74, 6) is 5.51. The Labute approximate surface area is 124 Å². The van der Waals surface area contributed by atoms with Crippen molar-refractivity contribution in [1.82, 2.24) is 9.97 Å². The van der Waals surface area contributed by atoms with Crippen LogP contribution >= 0.6 is 0 Å². The molecule has 21 heavy (non-hydrogen) atoms. The number of nitrogens with zero attached hydrogens (tertiary/aromatic N) is 3. The van der Waals surface area contributed by atoms with Crippen molar-refractivity contribution in [2.75, 3.05) is 16.9 Å². The quantitative estimate of drug-likeness (QED) is 0.628. The largest absolute Gasteiger partial charge is 0.307 e. The maximum Gasteiger partial charge on any atom is 0.278 e. The number of nitrogens with two attached hydrogens (primary N) is 1. The van der Waals surface area contributed by atoms with Crippen molar-refractivity contribution in [3.05, 3.63) is 48.4 Å². The average Bonchev–Trinajstić information content (AvgIpc) is 2.56. The number of rotatable bonds is 6. The summed E-state index contributed by atoms with van der Waals surface area (Å²) in [6.45, 7) is 2.74. The van der Waals surface area contributed by atoms with Gasteiger partial charge in [0.2, 0.25) is 0 Å². The zero-order chi connectivity index (χ0) is 15.1. The Balaban J connectivity index is 2.24. The second kappa shape index (κ2) is 7.35. The topological polar surface area (TPSA) is 84.1 Å². The molecule has 1 amide bonds. The van der Waals surface area contributed by atoms with E-state index in [4.69, 9.17) is 5.84 Å². The van der Waals surface area contributed by atoms with Crippen LogP contribution in [0.2, 0.25) is 0 Å². The van der Waals surface area contributed by atoms with Gasteiger partial charge in [0.15, 0.2) is 5.82 Å². The molecular formula is C15H19N5O. The molecule has 0 aliphatic carbocycles. The Morgan fingerprint density at radius 3 is 2.57 bits per heavy atom. The first-order valence-corrected chi connectivity index (χ1v) is 6.91. The summed E-state index contributed by atoms with van der Waals surface area (Å²) >= 11 is 0. The lowest BCUT2D eigenvalue weighted by atomic mass is 10.2. The minimum absolute atomic E-state index is 0.161. The van der Waals surface area contributed by atoms with Gasteiger partial charge in [0, 0.05) is 12.2 Å². The molecule has 0 unspecified atom stereocenters. The molecule has 2 aromatic rings. The average molecular weight is 285 g/mol. The molecule has 110 valence electrons. The third kappa shape index (κ3) is 3.76. The number of hydrazine groups is 1. The summed E-state index contributed by atoms with van der Waals surface area (Å²) in [5.41, 5.74) is 3.55. The number of nitrogens with one attached hydrogen (secondary N) is 1. The van der Waals surface area contributed by atoms with Gasteiger partial charge >= 0.3 is 0 Å². The van der Waals surface area contributed by atoms with Crippen molar-refractivity contribution < 1.29 is 4.79 Å². The van der Waals surface area contributed by atoms with Gasteiger partial charge < -0.3 is 10.3 Å². The van der Waals surface area contributed by atoms with E-state index >= 15 is 0 Å². The molecule has 0 fully saturated rings. The third-order valence-corrected chi connectivity index (χ3v) is 3.07. The highest BCUT2D eigenvalue weighted by Crippen LogP contribution is 2.17. The second-order valence-corrected chi connectivity index (χ2v) is 4.58. The molecule has 1 aromatic carbocycles. The number of para-hydroxylation sites is 1. The third-order valence-electron chi connectivity index (χ3n) is 3.07. The van der Waals surface area contributed by atoms with Crippen molar-refractivity contribution in [2.24, 2.45) is 5.84 Å². The van der Waals surface area contributed by atoms with Gasteiger partial charge in [0.1, 0.15) is 5.69 Å². The van der Waals surface area contributed by atoms with Crippen molar-refractivity contribution in [3.63, 3.8) is 0 Å². The number of amides is 1. The SMILES string of the molecule is CCCCN(C(=O)c1cnc(NN)cn1)c1ccccc1. The zero-order valence-electron chi connectivity index (χ0n) is 12.0. The van der Waals surface area contributed by atoms with E-state index in [1.165, 1.54) is 12.4 Å². The maximum absolute atomic E-state index is 12.6. The normalized spacial score (nSPS) is 10.2. The lowest BCUT2D eigenvalue weighted by Gasteiger charge is -2.22. The molecule has 0 aliphatic heterocycles. The molecule has 0 bridgehead atoms. The van der Waals surface area contributed by atoms with E-state index in [9.17, 15) is 4.79 Å². The molecule has 1 heterocycles.